The third-order valence-electron chi connectivity index (χ3n) is 6.60. The third kappa shape index (κ3) is 3.50. The van der Waals surface area contributed by atoms with Crippen LogP contribution >= 0.6 is 11.3 Å². The van der Waals surface area contributed by atoms with E-state index in [9.17, 15) is 14.4 Å². The van der Waals surface area contributed by atoms with Crippen molar-refractivity contribution >= 4 is 28.9 Å². The van der Waals surface area contributed by atoms with Crippen molar-refractivity contribution < 1.29 is 14.4 Å². The molecule has 150 valence electrons. The topological polar surface area (TPSA) is 66.5 Å². The fourth-order valence-corrected chi connectivity index (χ4v) is 5.64. The van der Waals surface area contributed by atoms with Crippen molar-refractivity contribution in [1.29, 1.82) is 0 Å². The van der Waals surface area contributed by atoms with E-state index in [0.717, 1.165) is 29.7 Å². The molecule has 0 bridgehead atoms. The van der Waals surface area contributed by atoms with Gasteiger partial charge in [-0.05, 0) is 47.9 Å². The van der Waals surface area contributed by atoms with Crippen LogP contribution in [0.4, 0.5) is 0 Å². The molecule has 0 radical (unpaired) electrons. The van der Waals surface area contributed by atoms with Gasteiger partial charge in [0.15, 0.2) is 5.78 Å². The molecule has 29 heavy (non-hydrogen) atoms. The molecule has 1 N–H and O–H groups in total. The Morgan fingerprint density at radius 2 is 1.86 bits per heavy atom. The van der Waals surface area contributed by atoms with Crippen LogP contribution in [0.5, 0.6) is 0 Å². The van der Waals surface area contributed by atoms with Crippen LogP contribution in [0.2, 0.25) is 0 Å². The fourth-order valence-electron chi connectivity index (χ4n) is 4.94. The highest BCUT2D eigenvalue weighted by Crippen LogP contribution is 2.46. The number of hydrogen-bond acceptors (Lipinski definition) is 4. The Morgan fingerprint density at radius 3 is 2.62 bits per heavy atom. The number of amides is 2. The Labute approximate surface area is 174 Å². The van der Waals surface area contributed by atoms with Crippen LogP contribution in [0.1, 0.15) is 50.4 Å². The van der Waals surface area contributed by atoms with E-state index >= 15 is 0 Å². The van der Waals surface area contributed by atoms with Gasteiger partial charge in [0.2, 0.25) is 5.91 Å². The van der Waals surface area contributed by atoms with Crippen molar-refractivity contribution in [3.8, 4) is 0 Å². The second kappa shape index (κ2) is 7.41. The second-order valence-corrected chi connectivity index (χ2v) is 9.27. The van der Waals surface area contributed by atoms with Crippen LogP contribution in [0.25, 0.3) is 0 Å². The average molecular weight is 409 g/mol. The highest BCUT2D eigenvalue weighted by Gasteiger charge is 2.57. The van der Waals surface area contributed by atoms with E-state index in [1.165, 1.54) is 22.5 Å². The molecule has 3 aliphatic rings. The Bertz CT molecular complexity index is 957. The molecule has 2 aliphatic carbocycles. The van der Waals surface area contributed by atoms with E-state index in [2.05, 4.69) is 11.4 Å². The highest BCUT2D eigenvalue weighted by atomic mass is 32.1. The van der Waals surface area contributed by atoms with Gasteiger partial charge in [-0.25, -0.2) is 0 Å². The largest absolute Gasteiger partial charge is 0.349 e. The van der Waals surface area contributed by atoms with Gasteiger partial charge in [-0.1, -0.05) is 18.2 Å². The minimum atomic E-state index is 0.0302. The SMILES string of the molecule is O=C(CCC(=O)N1C[C@@H]2C(NC(=O)c3cccc4c3CCC4)[C@@H]2C1)c1cccs1. The summed E-state index contributed by atoms with van der Waals surface area (Å²) in [7, 11) is 0. The maximum absolute atomic E-state index is 12.8. The molecule has 5 nitrogen and oxygen atoms in total. The summed E-state index contributed by atoms with van der Waals surface area (Å²) in [6, 6.07) is 9.86. The number of nitrogens with one attached hydrogen (secondary N) is 1. The Balaban J connectivity index is 1.11. The van der Waals surface area contributed by atoms with Gasteiger partial charge in [-0.15, -0.1) is 11.3 Å². The summed E-state index contributed by atoms with van der Waals surface area (Å²) in [6.45, 7) is 1.38. The van der Waals surface area contributed by atoms with Gasteiger partial charge >= 0.3 is 0 Å². The molecule has 6 heteroatoms. The standard InChI is InChI=1S/C23H24N2O3S/c26-19(20-8-3-11-29-20)9-10-21(27)25-12-17-18(13-25)22(17)24-23(28)16-7-2-5-14-4-1-6-15(14)16/h2-3,5,7-8,11,17-18,22H,1,4,6,9-10,12-13H2,(H,24,28)/t17-,18+,22?. The molecular weight excluding hydrogens is 384 g/mol. The van der Waals surface area contributed by atoms with Gasteiger partial charge in [0.05, 0.1) is 4.88 Å². The number of carbonyl (C=O) groups is 3. The zero-order valence-corrected chi connectivity index (χ0v) is 17.0. The Hall–Kier alpha value is -2.47. The van der Waals surface area contributed by atoms with Gasteiger partial charge in [0, 0.05) is 49.4 Å². The molecule has 2 amide bonds. The lowest BCUT2D eigenvalue weighted by molar-refractivity contribution is -0.130. The average Bonchev–Trinajstić information content (AvgIpc) is 3.29. The van der Waals surface area contributed by atoms with Crippen LogP contribution in [-0.2, 0) is 17.6 Å². The number of hydrogen-bond donors (Lipinski definition) is 1. The first-order chi connectivity index (χ1) is 14.1. The van der Waals surface area contributed by atoms with Crippen LogP contribution in [-0.4, -0.2) is 41.6 Å². The maximum Gasteiger partial charge on any atom is 0.251 e. The van der Waals surface area contributed by atoms with Gasteiger partial charge in [-0.2, -0.15) is 0 Å². The maximum atomic E-state index is 12.8. The smallest absolute Gasteiger partial charge is 0.251 e. The van der Waals surface area contributed by atoms with E-state index in [-0.39, 0.29) is 36.5 Å². The van der Waals surface area contributed by atoms with E-state index in [4.69, 9.17) is 0 Å². The number of fused-ring (bicyclic) bond motifs is 2. The second-order valence-electron chi connectivity index (χ2n) is 8.32. The molecule has 2 fully saturated rings. The van der Waals surface area contributed by atoms with Crippen LogP contribution in [0.3, 0.4) is 0 Å². The number of thiophene rings is 1. The van der Waals surface area contributed by atoms with Crippen molar-refractivity contribution in [2.75, 3.05) is 13.1 Å². The molecular formula is C23H24N2O3S. The molecule has 1 saturated carbocycles. The zero-order valence-electron chi connectivity index (χ0n) is 16.2. The first-order valence-electron chi connectivity index (χ1n) is 10.4. The lowest BCUT2D eigenvalue weighted by Gasteiger charge is -2.20. The molecule has 1 aromatic carbocycles. The number of piperidine rings is 1. The molecule has 0 spiro atoms. The van der Waals surface area contributed by atoms with E-state index < -0.39 is 0 Å². The number of likely N-dealkylation sites (tertiary alicyclic amines) is 1. The third-order valence-corrected chi connectivity index (χ3v) is 7.51. The summed E-state index contributed by atoms with van der Waals surface area (Å²) >= 11 is 1.42. The summed E-state index contributed by atoms with van der Waals surface area (Å²) in [5.74, 6) is 0.828. The number of ketones is 1. The fraction of sp³-hybridized carbons (Fsp3) is 0.435. The zero-order chi connectivity index (χ0) is 20.0. The summed E-state index contributed by atoms with van der Waals surface area (Å²) in [5.41, 5.74) is 3.34. The van der Waals surface area contributed by atoms with Crippen LogP contribution < -0.4 is 5.32 Å². The monoisotopic (exact) mass is 408 g/mol. The number of nitrogens with zero attached hydrogens (tertiary/aromatic N) is 1. The predicted molar refractivity (Wildman–Crippen MR) is 111 cm³/mol. The predicted octanol–water partition coefficient (Wildman–Crippen LogP) is 3.09. The number of rotatable bonds is 6. The summed E-state index contributed by atoms with van der Waals surface area (Å²) in [5, 5.41) is 5.08. The summed E-state index contributed by atoms with van der Waals surface area (Å²) in [4.78, 5) is 39.9. The molecule has 1 aromatic heterocycles. The minimum Gasteiger partial charge on any atom is -0.349 e. The minimum absolute atomic E-state index is 0.0302. The molecule has 5 rings (SSSR count). The first-order valence-corrected chi connectivity index (χ1v) is 11.3. The Morgan fingerprint density at radius 1 is 1.03 bits per heavy atom. The number of aryl methyl sites for hydroxylation is 1. The molecule has 2 heterocycles. The van der Waals surface area contributed by atoms with E-state index in [1.54, 1.807) is 6.07 Å². The first kappa shape index (κ1) is 18.6. The summed E-state index contributed by atoms with van der Waals surface area (Å²) in [6.07, 6.45) is 3.72. The van der Waals surface area contributed by atoms with Crippen LogP contribution in [0.15, 0.2) is 35.7 Å². The van der Waals surface area contributed by atoms with Gasteiger partial charge < -0.3 is 10.2 Å². The lowest BCUT2D eigenvalue weighted by Crippen LogP contribution is -2.37. The van der Waals surface area contributed by atoms with Gasteiger partial charge in [-0.3, -0.25) is 14.4 Å². The quantitative estimate of drug-likeness (QED) is 0.747. The molecule has 3 atom stereocenters. The van der Waals surface area contributed by atoms with Gasteiger partial charge in [0.25, 0.3) is 5.91 Å². The number of carbonyl (C=O) groups excluding carboxylic acids is 3. The number of Topliss-reactive ketones (excluding diaryl/α,β-unsaturated/α-hetero) is 1. The lowest BCUT2D eigenvalue weighted by atomic mass is 10.0. The highest BCUT2D eigenvalue weighted by molar-refractivity contribution is 7.12. The molecule has 1 unspecified atom stereocenters. The summed E-state index contributed by atoms with van der Waals surface area (Å²) < 4.78 is 0. The van der Waals surface area contributed by atoms with Crippen LogP contribution in [0, 0.1) is 11.8 Å². The van der Waals surface area contributed by atoms with E-state index in [0.29, 0.717) is 24.9 Å². The van der Waals surface area contributed by atoms with E-state index in [1.807, 2.05) is 28.5 Å². The van der Waals surface area contributed by atoms with Gasteiger partial charge in [0.1, 0.15) is 0 Å². The van der Waals surface area contributed by atoms with Crippen molar-refractivity contribution in [3.05, 3.63) is 57.3 Å². The normalized spacial score (nSPS) is 24.1. The molecule has 2 aromatic rings. The molecule has 1 aliphatic heterocycles. The van der Waals surface area contributed by atoms with Crippen molar-refractivity contribution in [1.82, 2.24) is 10.2 Å². The number of benzene rings is 1. The van der Waals surface area contributed by atoms with Crippen molar-refractivity contribution in [3.63, 3.8) is 0 Å². The Kier molecular flexibility index (Phi) is 4.74. The van der Waals surface area contributed by atoms with Crippen molar-refractivity contribution in [2.45, 2.75) is 38.1 Å². The molecule has 1 saturated heterocycles. The van der Waals surface area contributed by atoms with Crippen molar-refractivity contribution in [2.24, 2.45) is 11.8 Å².